The van der Waals surface area contributed by atoms with Crippen LogP contribution in [0.25, 0.3) is 0 Å². The third kappa shape index (κ3) is 21.4. The molecule has 0 aliphatic rings. The molecule has 0 heterocycles. The molecule has 0 rings (SSSR count). The van der Waals surface area contributed by atoms with Crippen LogP contribution in [0.5, 0.6) is 0 Å². The van der Waals surface area contributed by atoms with Crippen LogP contribution in [0, 0.1) is 0 Å². The maximum absolute atomic E-state index is 5.67. The lowest BCUT2D eigenvalue weighted by Gasteiger charge is -2.29. The Hall–Kier alpha value is 0.228. The minimum absolute atomic E-state index is 0.436. The highest BCUT2D eigenvalue weighted by Gasteiger charge is 2.40. The molecule has 1 N–H and O–H groups in total. The van der Waals surface area contributed by atoms with Crippen molar-refractivity contribution in [3.8, 4) is 0 Å². The molecule has 332 valence electrons. The van der Waals surface area contributed by atoms with Crippen molar-refractivity contribution in [3.05, 3.63) is 0 Å². The quantitative estimate of drug-likeness (QED) is 0.0897. The molecule has 1 unspecified atom stereocenters. The van der Waals surface area contributed by atoms with Crippen LogP contribution in [0.15, 0.2) is 0 Å². The maximum atomic E-state index is 5.67. The van der Waals surface area contributed by atoms with Crippen LogP contribution in [-0.4, -0.2) is 208 Å². The van der Waals surface area contributed by atoms with Gasteiger partial charge in [-0.25, -0.2) is 0 Å². The van der Waals surface area contributed by atoms with Gasteiger partial charge in [0.15, 0.2) is 0 Å². The predicted octanol–water partition coefficient (Wildman–Crippen LogP) is 3.74. The summed E-state index contributed by atoms with van der Waals surface area (Å²) in [6.45, 7) is 7.86. The molecule has 0 spiro atoms. The number of hydrogen-bond donors (Lipinski definition) is 1. The zero-order valence-electron chi connectivity index (χ0n) is 37.5. The summed E-state index contributed by atoms with van der Waals surface area (Å²) < 4.78 is 68.0. The first-order valence-electron chi connectivity index (χ1n) is 19.8. The van der Waals surface area contributed by atoms with Gasteiger partial charge in [0.1, 0.15) is 0 Å². The zero-order valence-corrected chi connectivity index (χ0v) is 41.5. The third-order valence-electron chi connectivity index (χ3n) is 10.9. The van der Waals surface area contributed by atoms with Crippen molar-refractivity contribution in [1.29, 1.82) is 0 Å². The van der Waals surface area contributed by atoms with Crippen LogP contribution in [-0.2, 0) is 53.1 Å². The topological polar surface area (TPSA) is 133 Å². The monoisotopic (exact) mass is 865 g/mol. The Morgan fingerprint density at radius 2 is 0.636 bits per heavy atom. The molecule has 0 bridgehead atoms. The minimum atomic E-state index is -2.62. The average molecular weight is 865 g/mol. The van der Waals surface area contributed by atoms with Crippen LogP contribution in [0.3, 0.4) is 0 Å². The summed E-state index contributed by atoms with van der Waals surface area (Å²) >= 11 is 0. The van der Waals surface area contributed by atoms with Crippen LogP contribution >= 0.6 is 0 Å². The van der Waals surface area contributed by atoms with E-state index in [1.54, 1.807) is 85.3 Å². The molecule has 0 radical (unpaired) electrons. The molecular weight excluding hydrogens is 781 g/mol. The van der Waals surface area contributed by atoms with Crippen molar-refractivity contribution in [3.63, 3.8) is 0 Å². The molecule has 0 aromatic rings. The largest absolute Gasteiger partial charge is 0.500 e. The smallest absolute Gasteiger partial charge is 0.377 e. The van der Waals surface area contributed by atoms with Gasteiger partial charge in [-0.1, -0.05) is 0 Å². The Morgan fingerprint density at radius 1 is 0.364 bits per heavy atom. The first-order valence-corrected chi connectivity index (χ1v) is 27.6. The fraction of sp³-hybridized carbons (Fsp3) is 1.00. The summed E-state index contributed by atoms with van der Waals surface area (Å²) in [5.74, 6) is 0. The Balaban J connectivity index is 5.13. The molecule has 0 aliphatic carbocycles. The van der Waals surface area contributed by atoms with Gasteiger partial charge in [0.2, 0.25) is 0 Å². The first-order chi connectivity index (χ1) is 26.4. The van der Waals surface area contributed by atoms with E-state index >= 15 is 0 Å². The van der Waals surface area contributed by atoms with Gasteiger partial charge in [0.25, 0.3) is 0 Å². The van der Waals surface area contributed by atoms with Crippen LogP contribution in [0.4, 0.5) is 0 Å². The van der Waals surface area contributed by atoms with Crippen LogP contribution < -0.4 is 5.32 Å². The van der Waals surface area contributed by atoms with Crippen molar-refractivity contribution in [2.24, 2.45) is 0 Å². The van der Waals surface area contributed by atoms with E-state index in [4.69, 9.17) is 53.1 Å². The highest BCUT2D eigenvalue weighted by Crippen LogP contribution is 2.20. The van der Waals surface area contributed by atoms with Gasteiger partial charge in [0.05, 0.1) is 0 Å². The van der Waals surface area contributed by atoms with Crippen molar-refractivity contribution < 1.29 is 53.1 Å². The molecule has 0 fully saturated rings. The Kier molecular flexibility index (Phi) is 32.2. The lowest BCUT2D eigenvalue weighted by molar-refractivity contribution is 0.118. The molecule has 55 heavy (non-hydrogen) atoms. The summed E-state index contributed by atoms with van der Waals surface area (Å²) in [5.41, 5.74) is 0. The predicted molar refractivity (Wildman–Crippen MR) is 227 cm³/mol. The molecule has 0 aromatic heterocycles. The van der Waals surface area contributed by atoms with E-state index in [1.165, 1.54) is 0 Å². The lowest BCUT2D eigenvalue weighted by Crippen LogP contribution is -2.44. The summed E-state index contributed by atoms with van der Waals surface area (Å²) in [6, 6.07) is 3.54. The van der Waals surface area contributed by atoms with E-state index in [0.717, 1.165) is 128 Å². The van der Waals surface area contributed by atoms with Crippen molar-refractivity contribution in [2.75, 3.05) is 152 Å². The Morgan fingerprint density at radius 3 is 0.927 bits per heavy atom. The maximum Gasteiger partial charge on any atom is 0.500 e. The van der Waals surface area contributed by atoms with Gasteiger partial charge in [0, 0.05) is 116 Å². The van der Waals surface area contributed by atoms with Gasteiger partial charge in [-0.2, -0.15) is 0 Å². The van der Waals surface area contributed by atoms with Crippen molar-refractivity contribution in [1.82, 2.24) is 20.0 Å². The Labute approximate surface area is 340 Å². The van der Waals surface area contributed by atoms with E-state index in [0.29, 0.717) is 6.04 Å². The fourth-order valence-corrected chi connectivity index (χ4v) is 13.8. The number of rotatable bonds is 40. The van der Waals surface area contributed by atoms with Gasteiger partial charge in [-0.05, 0) is 118 Å². The molecule has 0 aromatic carbocycles. The van der Waals surface area contributed by atoms with E-state index in [2.05, 4.69) is 34.1 Å². The standard InChI is InChI=1S/C35H84N4O12Si4/c1-36-35(22-30-39(28-19-33-54(46-9,47-10)48-11)29-20-34-55(49-12,50-13)51-14)21-15-23-37(2)24-16-25-38(26-17-31-52(40-3,41-4)42-5)27-18-32-53(43-6,44-7)45-8/h35-36H,15-34H2,1-14H3. The first kappa shape index (κ1) is 55.2. The second-order valence-corrected chi connectivity index (χ2v) is 26.2. The second-order valence-electron chi connectivity index (χ2n) is 13.9. The molecule has 0 saturated heterocycles. The van der Waals surface area contributed by atoms with Gasteiger partial charge >= 0.3 is 35.2 Å². The molecule has 1 atom stereocenters. The number of hydrogen-bond acceptors (Lipinski definition) is 16. The Bertz CT molecular complexity index is 813. The van der Waals surface area contributed by atoms with Gasteiger partial charge in [-0.15, -0.1) is 0 Å². The van der Waals surface area contributed by atoms with Crippen molar-refractivity contribution >= 4 is 35.2 Å². The van der Waals surface area contributed by atoms with Crippen LogP contribution in [0.1, 0.15) is 51.4 Å². The highest BCUT2D eigenvalue weighted by atomic mass is 28.4. The van der Waals surface area contributed by atoms with Crippen LogP contribution in [0.2, 0.25) is 24.2 Å². The summed E-state index contributed by atoms with van der Waals surface area (Å²) in [5, 5.41) is 3.58. The van der Waals surface area contributed by atoms with E-state index in [-0.39, 0.29) is 0 Å². The summed E-state index contributed by atoms with van der Waals surface area (Å²) in [4.78, 5) is 7.52. The molecular formula is C35H84N4O12Si4. The third-order valence-corrected chi connectivity index (χ3v) is 22.2. The molecule has 0 saturated carbocycles. The second kappa shape index (κ2) is 32.1. The number of nitrogens with zero attached hydrogens (tertiary/aromatic N) is 3. The SMILES string of the molecule is CNC(CCCN(C)CCCN(CCC[Si](OC)(OC)OC)CCC[Si](OC)(OC)OC)CCN(CCC[Si](OC)(OC)OC)CCC[Si](OC)(OC)OC. The van der Waals surface area contributed by atoms with E-state index in [9.17, 15) is 0 Å². The summed E-state index contributed by atoms with van der Waals surface area (Å²) in [7, 11) is 14.0. The van der Waals surface area contributed by atoms with E-state index in [1.807, 2.05) is 0 Å². The summed E-state index contributed by atoms with van der Waals surface area (Å²) in [6.07, 6.45) is 8.15. The molecule has 16 nitrogen and oxygen atoms in total. The van der Waals surface area contributed by atoms with Gasteiger partial charge < -0.3 is 73.1 Å². The van der Waals surface area contributed by atoms with E-state index < -0.39 is 35.2 Å². The van der Waals surface area contributed by atoms with Crippen molar-refractivity contribution in [2.45, 2.75) is 81.6 Å². The minimum Gasteiger partial charge on any atom is -0.377 e. The molecule has 0 aliphatic heterocycles. The fourth-order valence-electron chi connectivity index (χ4n) is 7.03. The molecule has 0 amide bonds. The number of nitrogens with one attached hydrogen (secondary N) is 1. The van der Waals surface area contributed by atoms with Gasteiger partial charge in [-0.3, -0.25) is 0 Å². The lowest BCUT2D eigenvalue weighted by atomic mass is 10.1. The zero-order chi connectivity index (χ0) is 41.6. The average Bonchev–Trinajstić information content (AvgIpc) is 3.22. The normalized spacial score (nSPS) is 13.9. The highest BCUT2D eigenvalue weighted by molar-refractivity contribution is 6.61. The molecule has 20 heteroatoms.